The van der Waals surface area contributed by atoms with Crippen molar-refractivity contribution in [2.45, 2.75) is 38.7 Å². The molecule has 0 aliphatic heterocycles. The first-order chi connectivity index (χ1) is 6.15. The topological polar surface area (TPSA) is 49.3 Å². The molecule has 0 heterocycles. The van der Waals surface area contributed by atoms with Crippen LogP contribution >= 0.6 is 9.39 Å². The van der Waals surface area contributed by atoms with E-state index in [2.05, 4.69) is 14.5 Å². The van der Waals surface area contributed by atoms with Gasteiger partial charge in [0.25, 0.3) is 5.91 Å². The molecule has 0 aromatic rings. The number of hydrogen-bond donors (Lipinski definition) is 2. The lowest BCUT2D eigenvalue weighted by Crippen LogP contribution is -2.35. The predicted octanol–water partition coefficient (Wildman–Crippen LogP) is 1.08. The zero-order valence-corrected chi connectivity index (χ0v) is 9.15. The van der Waals surface area contributed by atoms with Crippen LogP contribution in [-0.4, -0.2) is 17.1 Å². The van der Waals surface area contributed by atoms with Gasteiger partial charge in [0.15, 0.2) is 0 Å². The maximum atomic E-state index is 11.1. The molecule has 1 saturated carbocycles. The van der Waals surface area contributed by atoms with Gasteiger partial charge in [-0.15, -0.1) is 0 Å². The van der Waals surface area contributed by atoms with Crippen LogP contribution in [0, 0.1) is 11.8 Å². The molecule has 0 radical (unpaired) electrons. The van der Waals surface area contributed by atoms with Crippen LogP contribution in [0.5, 0.6) is 0 Å². The van der Waals surface area contributed by atoms with E-state index in [0.717, 1.165) is 12.3 Å². The Morgan fingerprint density at radius 2 is 2.31 bits per heavy atom. The van der Waals surface area contributed by atoms with Gasteiger partial charge < -0.3 is 10.2 Å². The first-order valence-corrected chi connectivity index (χ1v) is 5.41. The van der Waals surface area contributed by atoms with Gasteiger partial charge in [-0.1, -0.05) is 26.2 Å². The van der Waals surface area contributed by atoms with Gasteiger partial charge in [0, 0.05) is 0 Å². The van der Waals surface area contributed by atoms with Crippen molar-refractivity contribution in [3.8, 4) is 0 Å². The smallest absolute Gasteiger partial charge is 0.251 e. The molecule has 1 amide bonds. The Hall–Kier alpha value is -0.140. The molecule has 0 saturated heterocycles. The summed E-state index contributed by atoms with van der Waals surface area (Å²) >= 11 is 0. The van der Waals surface area contributed by atoms with E-state index in [1.54, 1.807) is 0 Å². The van der Waals surface area contributed by atoms with Crippen molar-refractivity contribution in [1.82, 2.24) is 5.09 Å². The summed E-state index contributed by atoms with van der Waals surface area (Å²) in [6, 6.07) is 0. The van der Waals surface area contributed by atoms with Crippen LogP contribution in [0.3, 0.4) is 0 Å². The van der Waals surface area contributed by atoms with Crippen LogP contribution in [0.15, 0.2) is 0 Å². The van der Waals surface area contributed by atoms with Crippen molar-refractivity contribution in [3.63, 3.8) is 0 Å². The molecule has 1 aliphatic rings. The SMILES string of the molecule is CC(CC1CCC1)C(O)C(=O)NP. The van der Waals surface area contributed by atoms with Gasteiger partial charge >= 0.3 is 0 Å². The molecule has 0 aromatic heterocycles. The molecule has 1 rings (SSSR count). The molecule has 3 unspecified atom stereocenters. The lowest BCUT2D eigenvalue weighted by molar-refractivity contribution is -0.130. The molecule has 4 heteroatoms. The lowest BCUT2D eigenvalue weighted by Gasteiger charge is -2.29. The zero-order valence-electron chi connectivity index (χ0n) is 7.99. The number of carbonyl (C=O) groups is 1. The van der Waals surface area contributed by atoms with Gasteiger partial charge in [-0.3, -0.25) is 4.79 Å². The van der Waals surface area contributed by atoms with E-state index < -0.39 is 6.10 Å². The van der Waals surface area contributed by atoms with Crippen LogP contribution in [0.25, 0.3) is 0 Å². The highest BCUT2D eigenvalue weighted by Gasteiger charge is 2.26. The van der Waals surface area contributed by atoms with Gasteiger partial charge in [-0.05, 0) is 27.6 Å². The second-order valence-corrected chi connectivity index (χ2v) is 4.25. The third-order valence-electron chi connectivity index (χ3n) is 2.88. The molecule has 0 spiro atoms. The van der Waals surface area contributed by atoms with Crippen LogP contribution in [0.4, 0.5) is 0 Å². The molecule has 1 aliphatic carbocycles. The monoisotopic (exact) mass is 203 g/mol. The average Bonchev–Trinajstić information content (AvgIpc) is 2.08. The fourth-order valence-corrected chi connectivity index (χ4v) is 1.90. The first kappa shape index (κ1) is 10.9. The summed E-state index contributed by atoms with van der Waals surface area (Å²) in [5.41, 5.74) is 0. The minimum Gasteiger partial charge on any atom is -0.383 e. The molecular weight excluding hydrogens is 185 g/mol. The highest BCUT2D eigenvalue weighted by atomic mass is 31.0. The minimum atomic E-state index is -0.849. The Balaban J connectivity index is 2.27. The number of rotatable bonds is 4. The van der Waals surface area contributed by atoms with Crippen LogP contribution in [-0.2, 0) is 4.79 Å². The number of amides is 1. The molecule has 3 nitrogen and oxygen atoms in total. The van der Waals surface area contributed by atoms with E-state index >= 15 is 0 Å². The van der Waals surface area contributed by atoms with Gasteiger partial charge in [0.2, 0.25) is 0 Å². The van der Waals surface area contributed by atoms with E-state index in [9.17, 15) is 9.90 Å². The minimum absolute atomic E-state index is 0.0749. The van der Waals surface area contributed by atoms with Crippen molar-refractivity contribution < 1.29 is 9.90 Å². The Kier molecular flexibility index (Phi) is 4.14. The predicted molar refractivity (Wildman–Crippen MR) is 55.0 cm³/mol. The molecule has 3 atom stereocenters. The zero-order chi connectivity index (χ0) is 9.84. The van der Waals surface area contributed by atoms with Gasteiger partial charge in [0.1, 0.15) is 6.10 Å². The molecule has 2 N–H and O–H groups in total. The average molecular weight is 203 g/mol. The van der Waals surface area contributed by atoms with E-state index in [0.29, 0.717) is 0 Å². The largest absolute Gasteiger partial charge is 0.383 e. The second kappa shape index (κ2) is 4.92. The highest BCUT2D eigenvalue weighted by Crippen LogP contribution is 2.32. The van der Waals surface area contributed by atoms with Crippen molar-refractivity contribution in [2.75, 3.05) is 0 Å². The molecule has 76 valence electrons. The van der Waals surface area contributed by atoms with Crippen LogP contribution in [0.2, 0.25) is 0 Å². The normalized spacial score (nSPS) is 21.8. The van der Waals surface area contributed by atoms with E-state index in [1.807, 2.05) is 6.92 Å². The summed E-state index contributed by atoms with van der Waals surface area (Å²) in [5.74, 6) is 0.518. The summed E-state index contributed by atoms with van der Waals surface area (Å²) in [6.45, 7) is 1.93. The Morgan fingerprint density at radius 1 is 1.69 bits per heavy atom. The Labute approximate surface area is 81.5 Å². The number of aliphatic hydroxyl groups is 1. The van der Waals surface area contributed by atoms with Crippen LogP contribution < -0.4 is 5.09 Å². The van der Waals surface area contributed by atoms with Crippen LogP contribution in [0.1, 0.15) is 32.6 Å². The van der Waals surface area contributed by atoms with Crippen molar-refractivity contribution in [3.05, 3.63) is 0 Å². The number of hydrogen-bond acceptors (Lipinski definition) is 2. The standard InChI is InChI=1S/C9H18NO2P/c1-6(5-7-3-2-4-7)8(11)9(12)10-13/h6-8,11H,2-5,13H2,1H3,(H,10,12). The van der Waals surface area contributed by atoms with Crippen molar-refractivity contribution >= 4 is 15.3 Å². The van der Waals surface area contributed by atoms with Crippen molar-refractivity contribution in [2.24, 2.45) is 11.8 Å². The molecule has 0 bridgehead atoms. The first-order valence-electron chi connectivity index (χ1n) is 4.83. The fourth-order valence-electron chi connectivity index (χ4n) is 1.73. The van der Waals surface area contributed by atoms with Gasteiger partial charge in [0.05, 0.1) is 0 Å². The van der Waals surface area contributed by atoms with Gasteiger partial charge in [-0.25, -0.2) is 0 Å². The van der Waals surface area contributed by atoms with Crippen molar-refractivity contribution in [1.29, 1.82) is 0 Å². The quantitative estimate of drug-likeness (QED) is 0.672. The summed E-state index contributed by atoms with van der Waals surface area (Å²) < 4.78 is 0. The molecule has 1 fully saturated rings. The summed E-state index contributed by atoms with van der Waals surface area (Å²) in [7, 11) is 2.12. The third kappa shape index (κ3) is 2.92. The van der Waals surface area contributed by atoms with E-state index in [4.69, 9.17) is 0 Å². The maximum Gasteiger partial charge on any atom is 0.251 e. The Bertz CT molecular complexity index is 182. The third-order valence-corrected chi connectivity index (χ3v) is 3.16. The van der Waals surface area contributed by atoms with E-state index in [-0.39, 0.29) is 11.8 Å². The maximum absolute atomic E-state index is 11.1. The lowest BCUT2D eigenvalue weighted by atomic mass is 9.78. The molecule has 0 aromatic carbocycles. The number of nitrogens with one attached hydrogen (secondary N) is 1. The van der Waals surface area contributed by atoms with E-state index in [1.165, 1.54) is 19.3 Å². The summed E-state index contributed by atoms with van der Waals surface area (Å²) in [4.78, 5) is 11.1. The number of aliphatic hydroxyl groups excluding tert-OH is 1. The van der Waals surface area contributed by atoms with Gasteiger partial charge in [-0.2, -0.15) is 0 Å². The highest BCUT2D eigenvalue weighted by molar-refractivity contribution is 7.15. The number of carbonyl (C=O) groups excluding carboxylic acids is 1. The fraction of sp³-hybridized carbons (Fsp3) is 0.889. The molecule has 13 heavy (non-hydrogen) atoms. The second-order valence-electron chi connectivity index (χ2n) is 3.96. The Morgan fingerprint density at radius 3 is 2.69 bits per heavy atom. The molecular formula is C9H18NO2P. The summed E-state index contributed by atoms with van der Waals surface area (Å²) in [6.07, 6.45) is 3.96. The summed E-state index contributed by atoms with van der Waals surface area (Å²) in [5, 5.41) is 11.9.